The monoisotopic (exact) mass is 617 g/mol. The van der Waals surface area contributed by atoms with Crippen molar-refractivity contribution in [3.05, 3.63) is 24.0 Å². The summed E-state index contributed by atoms with van der Waals surface area (Å²) in [6, 6.07) is 4.38. The van der Waals surface area contributed by atoms with Gasteiger partial charge in [0.05, 0.1) is 18.7 Å². The highest BCUT2D eigenvalue weighted by Crippen LogP contribution is 2.30. The Labute approximate surface area is 250 Å². The maximum absolute atomic E-state index is 13.3. The Balaban J connectivity index is 1.41. The molecule has 1 aliphatic rings. The van der Waals surface area contributed by atoms with Crippen LogP contribution in [-0.2, 0) is 35.7 Å². The molecule has 1 aromatic carbocycles. The van der Waals surface area contributed by atoms with Crippen molar-refractivity contribution in [2.24, 2.45) is 0 Å². The number of unbranched alkanes of at least 4 members (excludes halogenated alkanes) is 1. The first kappa shape index (κ1) is 32.1. The van der Waals surface area contributed by atoms with Gasteiger partial charge in [0.2, 0.25) is 11.8 Å². The van der Waals surface area contributed by atoms with Gasteiger partial charge < -0.3 is 30.6 Å². The van der Waals surface area contributed by atoms with E-state index in [2.05, 4.69) is 27.1 Å². The number of aromatic nitrogens is 3. The normalized spacial score (nSPS) is 14.8. The number of anilines is 2. The summed E-state index contributed by atoms with van der Waals surface area (Å²) in [6.07, 6.45) is 2.95. The Bertz CT molecular complexity index is 1580. The summed E-state index contributed by atoms with van der Waals surface area (Å²) in [4.78, 5) is 52.9. The highest BCUT2D eigenvalue weighted by atomic mass is 32.2. The number of Topliss-reactive ketones (excluding diaryl/α,β-unsaturated/α-hetero) is 1. The molecule has 234 valence electrons. The first-order valence-corrected chi connectivity index (χ1v) is 16.0. The van der Waals surface area contributed by atoms with Gasteiger partial charge in [0.25, 0.3) is 10.1 Å². The number of nitrogens with one attached hydrogen (secondary N) is 2. The van der Waals surface area contributed by atoms with Crippen LogP contribution < -0.4 is 16.0 Å². The van der Waals surface area contributed by atoms with Gasteiger partial charge in [-0.25, -0.2) is 9.97 Å². The van der Waals surface area contributed by atoms with Crippen molar-refractivity contribution in [3.8, 4) is 0 Å². The minimum atomic E-state index is -4.56. The molecule has 14 nitrogen and oxygen atoms in total. The second-order valence-corrected chi connectivity index (χ2v) is 12.2. The van der Waals surface area contributed by atoms with Crippen molar-refractivity contribution in [1.82, 2.24) is 25.2 Å². The van der Waals surface area contributed by atoms with Crippen LogP contribution in [0.3, 0.4) is 0 Å². The number of piperazine rings is 1. The molecule has 1 saturated heterocycles. The van der Waals surface area contributed by atoms with Crippen LogP contribution in [0.2, 0.25) is 0 Å². The summed E-state index contributed by atoms with van der Waals surface area (Å²) < 4.78 is 37.9. The Morgan fingerprint density at radius 3 is 2.53 bits per heavy atom. The zero-order valence-electron chi connectivity index (χ0n) is 24.5. The lowest BCUT2D eigenvalue weighted by atomic mass is 10.1. The van der Waals surface area contributed by atoms with Crippen LogP contribution in [0, 0.1) is 0 Å². The minimum absolute atomic E-state index is 0.00305. The molecule has 1 aliphatic heterocycles. The summed E-state index contributed by atoms with van der Waals surface area (Å²) in [5.41, 5.74) is 9.31. The summed E-state index contributed by atoms with van der Waals surface area (Å²) in [5, 5.41) is 3.27. The van der Waals surface area contributed by atoms with Gasteiger partial charge in [0.15, 0.2) is 0 Å². The first-order chi connectivity index (χ1) is 20.4. The molecular formula is C28H39N7O7S. The number of nitrogens with zero attached hydrogens (tertiary/aromatic N) is 4. The lowest BCUT2D eigenvalue weighted by molar-refractivity contribution is -0.136. The average molecular weight is 618 g/mol. The van der Waals surface area contributed by atoms with Crippen molar-refractivity contribution < 1.29 is 32.1 Å². The molecule has 0 saturated carbocycles. The number of pyridine rings is 1. The fourth-order valence-electron chi connectivity index (χ4n) is 5.00. The number of ketones is 1. The number of rotatable bonds is 14. The SMILES string of the molecule is CCCCc1nc2c([nH]1)c(N)nc1ccc(N3CCN(C(=O)C(CS(=O)(=O)O)NC(=O)CCOCCC(C)=O)CC3)cc12. The van der Waals surface area contributed by atoms with Gasteiger partial charge in [-0.2, -0.15) is 8.42 Å². The molecule has 2 amide bonds. The van der Waals surface area contributed by atoms with Crippen LogP contribution in [0.1, 0.15) is 45.4 Å². The van der Waals surface area contributed by atoms with Crippen LogP contribution in [0.5, 0.6) is 0 Å². The lowest BCUT2D eigenvalue weighted by Gasteiger charge is -2.37. The Morgan fingerprint density at radius 2 is 1.86 bits per heavy atom. The number of hydrogen-bond donors (Lipinski definition) is 4. The molecule has 3 heterocycles. The van der Waals surface area contributed by atoms with E-state index in [9.17, 15) is 27.4 Å². The second-order valence-electron chi connectivity index (χ2n) is 10.7. The number of carbonyl (C=O) groups is 3. The number of nitrogens with two attached hydrogens (primary N) is 1. The van der Waals surface area contributed by atoms with Crippen LogP contribution in [0.4, 0.5) is 11.5 Å². The van der Waals surface area contributed by atoms with Crippen molar-refractivity contribution in [1.29, 1.82) is 0 Å². The molecule has 3 aromatic rings. The Kier molecular flexibility index (Phi) is 10.5. The van der Waals surface area contributed by atoms with E-state index in [1.54, 1.807) is 0 Å². The topological polar surface area (TPSA) is 201 Å². The largest absolute Gasteiger partial charge is 0.382 e. The molecule has 15 heteroatoms. The van der Waals surface area contributed by atoms with Gasteiger partial charge in [0.1, 0.15) is 40.3 Å². The number of aromatic amines is 1. The predicted octanol–water partition coefficient (Wildman–Crippen LogP) is 1.44. The maximum Gasteiger partial charge on any atom is 0.267 e. The lowest BCUT2D eigenvalue weighted by Crippen LogP contribution is -2.56. The first-order valence-electron chi connectivity index (χ1n) is 14.4. The standard InChI is InChI=1S/C28H39N7O7S/c1-3-4-5-23-32-25-20-16-19(6-7-21(20)31-27(29)26(25)33-23)34-10-12-35(13-11-34)28(38)22(17-43(39,40)41)30-24(37)9-15-42-14-8-18(2)36/h6-7,16,22H,3-5,8-15,17H2,1-2H3,(H2,29,31)(H,30,37)(H,32,33)(H,39,40,41). The van der Waals surface area contributed by atoms with Crippen molar-refractivity contribution in [3.63, 3.8) is 0 Å². The molecule has 0 bridgehead atoms. The zero-order chi connectivity index (χ0) is 31.1. The molecule has 1 unspecified atom stereocenters. The second kappa shape index (κ2) is 14.1. The quantitative estimate of drug-likeness (QED) is 0.151. The fraction of sp³-hybridized carbons (Fsp3) is 0.536. The maximum atomic E-state index is 13.3. The number of imidazole rings is 1. The number of benzene rings is 1. The van der Waals surface area contributed by atoms with Crippen molar-refractivity contribution in [2.45, 2.75) is 52.0 Å². The van der Waals surface area contributed by atoms with Crippen LogP contribution in [0.15, 0.2) is 18.2 Å². The summed E-state index contributed by atoms with van der Waals surface area (Å²) >= 11 is 0. The molecule has 0 radical (unpaired) electrons. The van der Waals surface area contributed by atoms with E-state index < -0.39 is 33.7 Å². The number of hydrogen-bond acceptors (Lipinski definition) is 10. The molecule has 43 heavy (non-hydrogen) atoms. The molecule has 4 rings (SSSR count). The number of amides is 2. The van der Waals surface area contributed by atoms with Gasteiger partial charge in [-0.05, 0) is 31.5 Å². The van der Waals surface area contributed by atoms with Crippen molar-refractivity contribution in [2.75, 3.05) is 55.8 Å². The van der Waals surface area contributed by atoms with Gasteiger partial charge in [-0.1, -0.05) is 13.3 Å². The highest BCUT2D eigenvalue weighted by Gasteiger charge is 2.32. The third-order valence-corrected chi connectivity index (χ3v) is 8.05. The zero-order valence-corrected chi connectivity index (χ0v) is 25.3. The predicted molar refractivity (Wildman–Crippen MR) is 162 cm³/mol. The molecule has 2 aromatic heterocycles. The van der Waals surface area contributed by atoms with E-state index >= 15 is 0 Å². The van der Waals surface area contributed by atoms with Crippen LogP contribution >= 0.6 is 0 Å². The fourth-order valence-corrected chi connectivity index (χ4v) is 5.65. The van der Waals surface area contributed by atoms with Crippen LogP contribution in [0.25, 0.3) is 21.9 Å². The summed E-state index contributed by atoms with van der Waals surface area (Å²) in [6.45, 7) is 5.19. The van der Waals surface area contributed by atoms with Gasteiger partial charge >= 0.3 is 0 Å². The highest BCUT2D eigenvalue weighted by molar-refractivity contribution is 7.85. The Hall–Kier alpha value is -3.82. The van der Waals surface area contributed by atoms with Crippen LogP contribution in [-0.4, -0.2) is 102 Å². The molecule has 1 atom stereocenters. The molecule has 5 N–H and O–H groups in total. The van der Waals surface area contributed by atoms with E-state index in [-0.39, 0.29) is 44.9 Å². The third kappa shape index (κ3) is 8.61. The van der Waals surface area contributed by atoms with E-state index in [1.165, 1.54) is 11.8 Å². The molecule has 1 fully saturated rings. The van der Waals surface area contributed by atoms with Gasteiger partial charge in [-0.3, -0.25) is 18.9 Å². The molecule has 0 spiro atoms. The smallest absolute Gasteiger partial charge is 0.267 e. The van der Waals surface area contributed by atoms with Crippen molar-refractivity contribution >= 4 is 61.2 Å². The van der Waals surface area contributed by atoms with Gasteiger partial charge in [0, 0.05) is 56.5 Å². The summed E-state index contributed by atoms with van der Waals surface area (Å²) in [7, 11) is -4.56. The van der Waals surface area contributed by atoms with Gasteiger partial charge in [-0.15, -0.1) is 0 Å². The third-order valence-electron chi connectivity index (χ3n) is 7.29. The number of aryl methyl sites for hydroxylation is 1. The molecular weight excluding hydrogens is 578 g/mol. The minimum Gasteiger partial charge on any atom is -0.382 e. The van der Waals surface area contributed by atoms with E-state index in [0.29, 0.717) is 24.4 Å². The van der Waals surface area contributed by atoms with E-state index in [1.807, 2.05) is 18.2 Å². The number of nitrogen functional groups attached to an aromatic ring is 1. The summed E-state index contributed by atoms with van der Waals surface area (Å²) in [5.74, 6) is -0.927. The Morgan fingerprint density at radius 1 is 1.14 bits per heavy atom. The molecule has 0 aliphatic carbocycles. The average Bonchev–Trinajstić information content (AvgIpc) is 3.39. The van der Waals surface area contributed by atoms with E-state index in [0.717, 1.165) is 47.2 Å². The number of ether oxygens (including phenoxy) is 1. The number of H-pyrrole nitrogens is 1. The van der Waals surface area contributed by atoms with E-state index in [4.69, 9.17) is 15.5 Å². The number of fused-ring (bicyclic) bond motifs is 3. The number of carbonyl (C=O) groups excluding carboxylic acids is 3.